The Morgan fingerprint density at radius 1 is 0.969 bits per heavy atom. The first kappa shape index (κ1) is 21.8. The Hall–Kier alpha value is -3.47. The number of aryl methyl sites for hydroxylation is 1. The number of hydrogen-bond acceptors (Lipinski definition) is 3. The quantitative estimate of drug-likeness (QED) is 0.362. The topological polar surface area (TPSA) is 63.5 Å². The second kappa shape index (κ2) is 7.90. The number of anilines is 1. The van der Waals surface area contributed by atoms with E-state index in [1.807, 2.05) is 23.1 Å². The largest absolute Gasteiger partial charge is 0.302 e. The SMILES string of the molecule is CCc1ccc([C@]2(C)CC(C)(C)N(C(=O)c3ccc([N+](=O)[O-])cc3)c3ccccc32)cc1. The van der Waals surface area contributed by atoms with Crippen LogP contribution in [0.25, 0.3) is 0 Å². The first-order chi connectivity index (χ1) is 15.2. The summed E-state index contributed by atoms with van der Waals surface area (Å²) in [4.78, 5) is 26.1. The number of para-hydroxylation sites is 1. The van der Waals surface area contributed by atoms with E-state index in [1.165, 1.54) is 35.4 Å². The van der Waals surface area contributed by atoms with Crippen molar-refractivity contribution < 1.29 is 9.72 Å². The van der Waals surface area contributed by atoms with Gasteiger partial charge in [-0.25, -0.2) is 0 Å². The minimum Gasteiger partial charge on any atom is -0.302 e. The summed E-state index contributed by atoms with van der Waals surface area (Å²) in [5.74, 6) is -0.152. The molecule has 3 aromatic carbocycles. The molecule has 0 saturated carbocycles. The molecule has 0 radical (unpaired) electrons. The van der Waals surface area contributed by atoms with E-state index >= 15 is 0 Å². The molecular formula is C27H28N2O3. The molecule has 5 heteroatoms. The van der Waals surface area contributed by atoms with Crippen LogP contribution in [0.2, 0.25) is 0 Å². The highest BCUT2D eigenvalue weighted by Gasteiger charge is 2.47. The summed E-state index contributed by atoms with van der Waals surface area (Å²) < 4.78 is 0. The Labute approximate surface area is 188 Å². The van der Waals surface area contributed by atoms with Crippen molar-refractivity contribution in [2.45, 2.75) is 51.5 Å². The number of fused-ring (bicyclic) bond motifs is 1. The average Bonchev–Trinajstić information content (AvgIpc) is 2.78. The lowest BCUT2D eigenvalue weighted by atomic mass is 9.65. The minimum absolute atomic E-state index is 0.0250. The first-order valence-corrected chi connectivity index (χ1v) is 11.0. The van der Waals surface area contributed by atoms with E-state index in [1.54, 1.807) is 0 Å². The molecule has 1 aliphatic rings. The van der Waals surface area contributed by atoms with E-state index in [0.717, 1.165) is 24.1 Å². The van der Waals surface area contributed by atoms with Gasteiger partial charge in [0.05, 0.1) is 4.92 Å². The Morgan fingerprint density at radius 3 is 2.19 bits per heavy atom. The van der Waals surface area contributed by atoms with Gasteiger partial charge in [-0.15, -0.1) is 0 Å². The summed E-state index contributed by atoms with van der Waals surface area (Å²) in [6, 6.07) is 22.7. The molecule has 0 unspecified atom stereocenters. The summed E-state index contributed by atoms with van der Waals surface area (Å²) >= 11 is 0. The predicted molar refractivity (Wildman–Crippen MR) is 127 cm³/mol. The molecule has 0 saturated heterocycles. The van der Waals surface area contributed by atoms with Crippen LogP contribution in [0, 0.1) is 10.1 Å². The number of nitrogens with zero attached hydrogens (tertiary/aromatic N) is 2. The van der Waals surface area contributed by atoms with Crippen molar-refractivity contribution >= 4 is 17.3 Å². The number of rotatable bonds is 4. The Kier molecular flexibility index (Phi) is 5.37. The summed E-state index contributed by atoms with van der Waals surface area (Å²) in [6.07, 6.45) is 1.75. The highest BCUT2D eigenvalue weighted by atomic mass is 16.6. The van der Waals surface area contributed by atoms with Crippen molar-refractivity contribution in [1.82, 2.24) is 0 Å². The number of nitro groups is 1. The van der Waals surface area contributed by atoms with Crippen LogP contribution in [0.3, 0.4) is 0 Å². The average molecular weight is 429 g/mol. The van der Waals surface area contributed by atoms with Gasteiger partial charge < -0.3 is 4.90 Å². The number of hydrogen-bond donors (Lipinski definition) is 0. The normalized spacial score (nSPS) is 19.3. The number of benzene rings is 3. The lowest BCUT2D eigenvalue weighted by Gasteiger charge is -2.51. The first-order valence-electron chi connectivity index (χ1n) is 11.0. The van der Waals surface area contributed by atoms with Gasteiger partial charge in [0, 0.05) is 34.3 Å². The molecule has 0 bridgehead atoms. The van der Waals surface area contributed by atoms with Gasteiger partial charge in [0.1, 0.15) is 0 Å². The van der Waals surface area contributed by atoms with E-state index in [2.05, 4.69) is 58.0 Å². The van der Waals surface area contributed by atoms with Crippen LogP contribution < -0.4 is 4.90 Å². The number of nitro benzene ring substituents is 1. The van der Waals surface area contributed by atoms with Crippen molar-refractivity contribution in [3.63, 3.8) is 0 Å². The molecule has 1 amide bonds. The molecule has 0 N–H and O–H groups in total. The number of carbonyl (C=O) groups excluding carboxylic acids is 1. The highest BCUT2D eigenvalue weighted by molar-refractivity contribution is 6.08. The third kappa shape index (κ3) is 3.58. The smallest absolute Gasteiger partial charge is 0.269 e. The van der Waals surface area contributed by atoms with Crippen LogP contribution in [0.15, 0.2) is 72.8 Å². The Bertz CT molecular complexity index is 1170. The molecule has 1 aliphatic heterocycles. The van der Waals surface area contributed by atoms with Gasteiger partial charge in [-0.1, -0.05) is 56.3 Å². The lowest BCUT2D eigenvalue weighted by molar-refractivity contribution is -0.384. The zero-order chi connectivity index (χ0) is 23.1. The zero-order valence-electron chi connectivity index (χ0n) is 19.0. The molecule has 32 heavy (non-hydrogen) atoms. The van der Waals surface area contributed by atoms with Gasteiger partial charge in [-0.3, -0.25) is 14.9 Å². The summed E-state index contributed by atoms with van der Waals surface area (Å²) in [5, 5.41) is 11.0. The van der Waals surface area contributed by atoms with Crippen LogP contribution in [0.1, 0.15) is 61.2 Å². The molecule has 164 valence electrons. The Morgan fingerprint density at radius 2 is 1.59 bits per heavy atom. The van der Waals surface area contributed by atoms with Gasteiger partial charge in [-0.05, 0) is 61.6 Å². The van der Waals surface area contributed by atoms with Gasteiger partial charge in [-0.2, -0.15) is 0 Å². The third-order valence-electron chi connectivity index (χ3n) is 6.66. The van der Waals surface area contributed by atoms with Crippen molar-refractivity contribution in [1.29, 1.82) is 0 Å². The van der Waals surface area contributed by atoms with Gasteiger partial charge >= 0.3 is 0 Å². The maximum atomic E-state index is 13.6. The monoisotopic (exact) mass is 428 g/mol. The number of non-ortho nitro benzene ring substituents is 1. The van der Waals surface area contributed by atoms with Gasteiger partial charge in [0.25, 0.3) is 11.6 Å². The maximum Gasteiger partial charge on any atom is 0.269 e. The molecule has 0 aromatic heterocycles. The second-order valence-electron chi connectivity index (χ2n) is 9.33. The Balaban J connectivity index is 1.81. The van der Waals surface area contributed by atoms with E-state index < -0.39 is 10.5 Å². The fraction of sp³-hybridized carbons (Fsp3) is 0.296. The molecule has 1 atom stereocenters. The standard InChI is InChI=1S/C27H28N2O3/c1-5-19-10-14-21(15-11-19)27(4)18-26(2,3)28(24-9-7-6-8-23(24)27)25(30)20-12-16-22(17-13-20)29(31)32/h6-17H,5,18H2,1-4H3/t27-/m0/s1. The van der Waals surface area contributed by atoms with Crippen molar-refractivity contribution in [2.75, 3.05) is 4.90 Å². The summed E-state index contributed by atoms with van der Waals surface area (Å²) in [5.41, 5.74) is 4.22. The van der Waals surface area contributed by atoms with Crippen LogP contribution >= 0.6 is 0 Å². The molecule has 0 aliphatic carbocycles. The minimum atomic E-state index is -0.467. The molecule has 5 nitrogen and oxygen atoms in total. The zero-order valence-corrected chi connectivity index (χ0v) is 19.0. The molecule has 3 aromatic rings. The van der Waals surface area contributed by atoms with E-state index in [4.69, 9.17) is 0 Å². The highest BCUT2D eigenvalue weighted by Crippen LogP contribution is 2.50. The van der Waals surface area contributed by atoms with E-state index in [9.17, 15) is 14.9 Å². The van der Waals surface area contributed by atoms with Crippen molar-refractivity contribution in [2.24, 2.45) is 0 Å². The van der Waals surface area contributed by atoms with Gasteiger partial charge in [0.2, 0.25) is 0 Å². The summed E-state index contributed by atoms with van der Waals surface area (Å²) in [7, 11) is 0. The van der Waals surface area contributed by atoms with Gasteiger partial charge in [0.15, 0.2) is 0 Å². The molecule has 1 heterocycles. The van der Waals surface area contributed by atoms with Crippen LogP contribution in [-0.2, 0) is 11.8 Å². The predicted octanol–water partition coefficient (Wildman–Crippen LogP) is 6.29. The molecule has 0 spiro atoms. The maximum absolute atomic E-state index is 13.6. The van der Waals surface area contributed by atoms with Crippen molar-refractivity contribution in [3.8, 4) is 0 Å². The van der Waals surface area contributed by atoms with Crippen molar-refractivity contribution in [3.05, 3.63) is 105 Å². The van der Waals surface area contributed by atoms with E-state index in [-0.39, 0.29) is 17.0 Å². The fourth-order valence-electron chi connectivity index (χ4n) is 5.11. The van der Waals surface area contributed by atoms with E-state index in [0.29, 0.717) is 5.56 Å². The number of carbonyl (C=O) groups is 1. The molecular weight excluding hydrogens is 400 g/mol. The van der Waals surface area contributed by atoms with Crippen LogP contribution in [-0.4, -0.2) is 16.4 Å². The second-order valence-corrected chi connectivity index (χ2v) is 9.33. The number of amides is 1. The van der Waals surface area contributed by atoms with Crippen LogP contribution in [0.4, 0.5) is 11.4 Å². The summed E-state index contributed by atoms with van der Waals surface area (Å²) in [6.45, 7) is 8.58. The molecule has 4 rings (SSSR count). The lowest BCUT2D eigenvalue weighted by Crippen LogP contribution is -2.55. The third-order valence-corrected chi connectivity index (χ3v) is 6.66. The fourth-order valence-corrected chi connectivity index (χ4v) is 5.11. The van der Waals surface area contributed by atoms with Crippen LogP contribution in [0.5, 0.6) is 0 Å². The molecule has 0 fully saturated rings.